The molecule has 0 bridgehead atoms. The van der Waals surface area contributed by atoms with Crippen molar-refractivity contribution in [1.82, 2.24) is 5.01 Å². The Kier molecular flexibility index (Phi) is 4.72. The molecule has 1 atom stereocenters. The first-order valence-corrected chi connectivity index (χ1v) is 7.99. The van der Waals surface area contributed by atoms with Crippen LogP contribution < -0.4 is 0 Å². The van der Waals surface area contributed by atoms with E-state index in [1.807, 2.05) is 6.07 Å². The van der Waals surface area contributed by atoms with Crippen molar-refractivity contribution in [3.05, 3.63) is 71.3 Å². The van der Waals surface area contributed by atoms with E-state index in [4.69, 9.17) is 5.26 Å². The van der Waals surface area contributed by atoms with Crippen molar-refractivity contribution in [2.75, 3.05) is 0 Å². The zero-order valence-corrected chi connectivity index (χ0v) is 13.9. The van der Waals surface area contributed by atoms with Crippen LogP contribution >= 0.6 is 0 Å². The van der Waals surface area contributed by atoms with Crippen LogP contribution in [0, 0.1) is 11.3 Å². The Morgan fingerprint density at radius 2 is 1.81 bits per heavy atom. The fraction of sp³-hybridized carbons (Fsp3) is 0.211. The summed E-state index contributed by atoms with van der Waals surface area (Å²) in [4.78, 5) is 12.5. The van der Waals surface area contributed by atoms with E-state index in [2.05, 4.69) is 5.10 Å². The summed E-state index contributed by atoms with van der Waals surface area (Å²) in [6.07, 6.45) is -6.30. The lowest BCUT2D eigenvalue weighted by molar-refractivity contribution is -0.302. The third-order valence-electron chi connectivity index (χ3n) is 4.22. The molecule has 0 aromatic heterocycles. The normalized spacial score (nSPS) is 19.5. The van der Waals surface area contributed by atoms with Crippen LogP contribution in [0.2, 0.25) is 0 Å². The van der Waals surface area contributed by atoms with Crippen molar-refractivity contribution >= 4 is 11.6 Å². The number of nitrogens with zero attached hydrogens (tertiary/aromatic N) is 3. The summed E-state index contributed by atoms with van der Waals surface area (Å²) in [5, 5.41) is 23.0. The zero-order chi connectivity index (χ0) is 19.7. The number of hydrazone groups is 1. The Labute approximate surface area is 153 Å². The van der Waals surface area contributed by atoms with Crippen molar-refractivity contribution in [3.63, 3.8) is 0 Å². The first kappa shape index (κ1) is 18.6. The van der Waals surface area contributed by atoms with E-state index in [9.17, 15) is 23.1 Å². The molecule has 0 saturated heterocycles. The van der Waals surface area contributed by atoms with Gasteiger partial charge in [0.15, 0.2) is 0 Å². The number of carbonyl (C=O) groups is 1. The molecular formula is C19H14F3N3O2. The van der Waals surface area contributed by atoms with Crippen LogP contribution in [-0.2, 0) is 11.2 Å². The SMILES string of the molecule is N#Cc1ccc(C2=NN(C(=O)Cc3ccccc3)C(O)(C(F)(F)F)C2)cc1. The van der Waals surface area contributed by atoms with Gasteiger partial charge < -0.3 is 5.11 Å². The Bertz CT molecular complexity index is 918. The number of aliphatic hydroxyl groups is 1. The highest BCUT2D eigenvalue weighted by molar-refractivity contribution is 6.03. The van der Waals surface area contributed by atoms with Gasteiger partial charge in [0.1, 0.15) is 0 Å². The lowest BCUT2D eigenvalue weighted by atomic mass is 10.00. The number of amides is 1. The summed E-state index contributed by atoms with van der Waals surface area (Å²) >= 11 is 0. The smallest absolute Gasteiger partial charge is 0.362 e. The predicted octanol–water partition coefficient (Wildman–Crippen LogP) is 2.99. The summed E-state index contributed by atoms with van der Waals surface area (Å²) in [6.45, 7) is 0. The van der Waals surface area contributed by atoms with Gasteiger partial charge in [-0.25, -0.2) is 0 Å². The van der Waals surface area contributed by atoms with E-state index < -0.39 is 24.2 Å². The van der Waals surface area contributed by atoms with Crippen molar-refractivity contribution in [3.8, 4) is 6.07 Å². The molecule has 0 radical (unpaired) electrons. The minimum absolute atomic E-state index is 0.0827. The number of carbonyl (C=O) groups excluding carboxylic acids is 1. The van der Waals surface area contributed by atoms with Crippen molar-refractivity contribution in [2.24, 2.45) is 5.10 Å². The van der Waals surface area contributed by atoms with Gasteiger partial charge in [-0.05, 0) is 23.3 Å². The number of rotatable bonds is 3. The van der Waals surface area contributed by atoms with Gasteiger partial charge in [0.25, 0.3) is 5.72 Å². The summed E-state index contributed by atoms with van der Waals surface area (Å²) in [5.41, 5.74) is -2.36. The maximum absolute atomic E-state index is 13.5. The molecule has 1 unspecified atom stereocenters. The van der Waals surface area contributed by atoms with Crippen molar-refractivity contribution < 1.29 is 23.1 Å². The monoisotopic (exact) mass is 373 g/mol. The molecular weight excluding hydrogens is 359 g/mol. The Morgan fingerprint density at radius 1 is 1.19 bits per heavy atom. The van der Waals surface area contributed by atoms with Crippen LogP contribution in [0.3, 0.4) is 0 Å². The topological polar surface area (TPSA) is 76.7 Å². The van der Waals surface area contributed by atoms with Gasteiger partial charge in [-0.2, -0.15) is 28.5 Å². The second kappa shape index (κ2) is 6.85. The fourth-order valence-corrected chi connectivity index (χ4v) is 2.77. The van der Waals surface area contributed by atoms with E-state index in [-0.39, 0.29) is 17.1 Å². The molecule has 1 N–H and O–H groups in total. The van der Waals surface area contributed by atoms with Gasteiger partial charge in [-0.15, -0.1) is 0 Å². The molecule has 2 aromatic rings. The molecule has 1 heterocycles. The zero-order valence-electron chi connectivity index (χ0n) is 13.9. The van der Waals surface area contributed by atoms with E-state index in [1.54, 1.807) is 30.3 Å². The molecule has 1 aliphatic heterocycles. The van der Waals surface area contributed by atoms with Gasteiger partial charge in [-0.3, -0.25) is 4.79 Å². The van der Waals surface area contributed by atoms with Crippen LogP contribution in [0.15, 0.2) is 59.7 Å². The molecule has 0 aliphatic carbocycles. The summed E-state index contributed by atoms with van der Waals surface area (Å²) in [6, 6.07) is 15.9. The summed E-state index contributed by atoms with van der Waals surface area (Å²) < 4.78 is 40.6. The van der Waals surface area contributed by atoms with Crippen LogP contribution in [0.5, 0.6) is 0 Å². The van der Waals surface area contributed by atoms with Crippen LogP contribution in [0.25, 0.3) is 0 Å². The minimum Gasteiger partial charge on any atom is -0.362 e. The molecule has 0 fully saturated rings. The summed E-state index contributed by atoms with van der Waals surface area (Å²) in [7, 11) is 0. The van der Waals surface area contributed by atoms with E-state index in [1.165, 1.54) is 24.3 Å². The molecule has 0 saturated carbocycles. The molecule has 8 heteroatoms. The first-order chi connectivity index (χ1) is 12.7. The Hall–Kier alpha value is -3.18. The minimum atomic E-state index is -5.09. The van der Waals surface area contributed by atoms with Gasteiger partial charge in [0.2, 0.25) is 5.91 Å². The van der Waals surface area contributed by atoms with E-state index in [0.717, 1.165) is 0 Å². The molecule has 3 rings (SSSR count). The number of alkyl halides is 3. The van der Waals surface area contributed by atoms with Crippen molar-refractivity contribution in [2.45, 2.75) is 24.7 Å². The van der Waals surface area contributed by atoms with Gasteiger partial charge in [-0.1, -0.05) is 42.5 Å². The highest BCUT2D eigenvalue weighted by atomic mass is 19.4. The van der Waals surface area contributed by atoms with E-state index >= 15 is 0 Å². The number of hydrogen-bond acceptors (Lipinski definition) is 4. The van der Waals surface area contributed by atoms with Crippen LogP contribution in [0.4, 0.5) is 13.2 Å². The van der Waals surface area contributed by atoms with E-state index in [0.29, 0.717) is 16.7 Å². The van der Waals surface area contributed by atoms with Crippen molar-refractivity contribution in [1.29, 1.82) is 5.26 Å². The third-order valence-corrected chi connectivity index (χ3v) is 4.22. The molecule has 1 amide bonds. The maximum atomic E-state index is 13.5. The second-order valence-corrected chi connectivity index (χ2v) is 6.09. The lowest BCUT2D eigenvalue weighted by Crippen LogP contribution is -2.57. The summed E-state index contributed by atoms with van der Waals surface area (Å²) in [5.74, 6) is -0.968. The number of benzene rings is 2. The molecule has 2 aromatic carbocycles. The average molecular weight is 373 g/mol. The Balaban J connectivity index is 1.94. The van der Waals surface area contributed by atoms with Gasteiger partial charge >= 0.3 is 6.18 Å². The quantitative estimate of drug-likeness (QED) is 0.899. The van der Waals surface area contributed by atoms with Gasteiger partial charge in [0, 0.05) is 0 Å². The average Bonchev–Trinajstić information content (AvgIpc) is 3.02. The highest BCUT2D eigenvalue weighted by Gasteiger charge is 2.63. The number of halogens is 3. The Morgan fingerprint density at radius 3 is 2.37 bits per heavy atom. The number of nitriles is 1. The molecule has 0 spiro atoms. The maximum Gasteiger partial charge on any atom is 0.438 e. The predicted molar refractivity (Wildman–Crippen MR) is 90.3 cm³/mol. The lowest BCUT2D eigenvalue weighted by Gasteiger charge is -2.32. The van der Waals surface area contributed by atoms with Crippen LogP contribution in [-0.4, -0.2) is 33.6 Å². The fourth-order valence-electron chi connectivity index (χ4n) is 2.77. The number of hydrogen-bond donors (Lipinski definition) is 1. The van der Waals surface area contributed by atoms with Gasteiger partial charge in [0.05, 0.1) is 30.2 Å². The third kappa shape index (κ3) is 3.55. The molecule has 1 aliphatic rings. The molecule has 27 heavy (non-hydrogen) atoms. The second-order valence-electron chi connectivity index (χ2n) is 6.09. The standard InChI is InChI=1S/C19H14F3N3O2/c20-19(21,22)18(27)11-16(15-8-6-14(12-23)7-9-15)24-25(18)17(26)10-13-4-2-1-3-5-13/h1-9,27H,10-11H2. The first-order valence-electron chi connectivity index (χ1n) is 7.99. The highest BCUT2D eigenvalue weighted by Crippen LogP contribution is 2.41. The largest absolute Gasteiger partial charge is 0.438 e. The van der Waals surface area contributed by atoms with Crippen LogP contribution in [0.1, 0.15) is 23.1 Å². The molecule has 5 nitrogen and oxygen atoms in total. The molecule has 138 valence electrons.